The van der Waals surface area contributed by atoms with Crippen LogP contribution in [0.4, 0.5) is 17.3 Å². The Morgan fingerprint density at radius 3 is 1.98 bits per heavy atom. The van der Waals surface area contributed by atoms with Crippen molar-refractivity contribution < 1.29 is 0 Å². The maximum atomic E-state index is 6.26. The van der Waals surface area contributed by atoms with E-state index in [4.69, 9.17) is 28.2 Å². The largest absolute Gasteiger partial charge is 0.374 e. The average Bonchev–Trinajstić information content (AvgIpc) is 3.09. The van der Waals surface area contributed by atoms with E-state index in [1.807, 2.05) is 42.6 Å². The van der Waals surface area contributed by atoms with Gasteiger partial charge in [0.15, 0.2) is 0 Å². The van der Waals surface area contributed by atoms with Crippen LogP contribution in [0.5, 0.6) is 0 Å². The molecule has 2 aliphatic heterocycles. The fourth-order valence-corrected chi connectivity index (χ4v) is 6.72. The zero-order valence-electron chi connectivity index (χ0n) is 26.1. The summed E-state index contributed by atoms with van der Waals surface area (Å²) in [6, 6.07) is 31.3. The summed E-state index contributed by atoms with van der Waals surface area (Å²) in [6.07, 6.45) is 1.82. The van der Waals surface area contributed by atoms with Gasteiger partial charge >= 0.3 is 0 Å². The molecule has 1 atom stereocenters. The molecule has 3 aromatic carbocycles. The molecule has 7 nitrogen and oxygen atoms in total. The van der Waals surface area contributed by atoms with Gasteiger partial charge < -0.3 is 20.0 Å². The summed E-state index contributed by atoms with van der Waals surface area (Å²) in [6.45, 7) is 9.14. The molecule has 4 heterocycles. The predicted molar refractivity (Wildman–Crippen MR) is 192 cm³/mol. The van der Waals surface area contributed by atoms with Crippen molar-refractivity contribution in [2.45, 2.75) is 12.6 Å². The van der Waals surface area contributed by atoms with Gasteiger partial charge in [0.25, 0.3) is 0 Å². The minimum atomic E-state index is -0.0646. The summed E-state index contributed by atoms with van der Waals surface area (Å²) in [5, 5.41) is 6.22. The van der Waals surface area contributed by atoms with Crippen molar-refractivity contribution in [2.75, 3.05) is 74.5 Å². The lowest BCUT2D eigenvalue weighted by molar-refractivity contribution is 0.249. The maximum Gasteiger partial charge on any atom is 0.131 e. The van der Waals surface area contributed by atoms with Crippen LogP contribution in [0.15, 0.2) is 97.2 Å². The van der Waals surface area contributed by atoms with Gasteiger partial charge in [-0.1, -0.05) is 65.7 Å². The molecule has 0 radical (unpaired) electrons. The number of anilines is 3. The summed E-state index contributed by atoms with van der Waals surface area (Å²) < 4.78 is 0. The average molecular weight is 653 g/mol. The summed E-state index contributed by atoms with van der Waals surface area (Å²) in [5.41, 5.74) is 5.50. The van der Waals surface area contributed by atoms with E-state index in [2.05, 4.69) is 91.5 Å². The molecule has 1 unspecified atom stereocenters. The van der Waals surface area contributed by atoms with Crippen LogP contribution in [0.2, 0.25) is 10.0 Å². The molecular formula is C37H39Cl2N7. The number of hydrogen-bond donors (Lipinski definition) is 1. The zero-order valence-corrected chi connectivity index (χ0v) is 27.6. The van der Waals surface area contributed by atoms with E-state index in [1.54, 1.807) is 0 Å². The molecule has 2 aliphatic rings. The molecule has 1 N–H and O–H groups in total. The Hall–Kier alpha value is -3.88. The fraction of sp³-hybridized carbons (Fsp3) is 0.297. The van der Waals surface area contributed by atoms with Crippen LogP contribution < -0.4 is 15.1 Å². The molecule has 2 saturated heterocycles. The third-order valence-electron chi connectivity index (χ3n) is 9.17. The van der Waals surface area contributed by atoms with Crippen molar-refractivity contribution in [1.29, 1.82) is 0 Å². The van der Waals surface area contributed by atoms with E-state index in [9.17, 15) is 0 Å². The first-order chi connectivity index (χ1) is 22.5. The van der Waals surface area contributed by atoms with Crippen LogP contribution in [0.1, 0.15) is 22.7 Å². The topological polar surface area (TPSA) is 50.8 Å². The van der Waals surface area contributed by atoms with Gasteiger partial charge in [0, 0.05) is 86.2 Å². The van der Waals surface area contributed by atoms with Gasteiger partial charge in [-0.05, 0) is 72.3 Å². The number of nitrogens with zero attached hydrogens (tertiary/aromatic N) is 6. The number of pyridine rings is 2. The lowest BCUT2D eigenvalue weighted by atomic mass is 9.97. The minimum absolute atomic E-state index is 0.0646. The first kappa shape index (κ1) is 30.8. The molecular weight excluding hydrogens is 613 g/mol. The highest BCUT2D eigenvalue weighted by Crippen LogP contribution is 2.32. The number of aromatic nitrogens is 2. The van der Waals surface area contributed by atoms with E-state index < -0.39 is 0 Å². The van der Waals surface area contributed by atoms with Gasteiger partial charge in [-0.15, -0.1) is 0 Å². The molecule has 9 heteroatoms. The predicted octanol–water partition coefficient (Wildman–Crippen LogP) is 7.21. The zero-order chi connectivity index (χ0) is 31.5. The SMILES string of the molecule is CN1CCN(c2cccc(N3CCN(Cc4ccc(C(Nc5ccnc6cc(Cl)ccc56)c5ccc(Cl)cc5)cc4)CC3)n2)CC1. The number of rotatable bonds is 8. The van der Waals surface area contributed by atoms with Crippen molar-refractivity contribution in [3.63, 3.8) is 0 Å². The Labute approximate surface area is 281 Å². The van der Waals surface area contributed by atoms with Gasteiger partial charge in [-0.2, -0.15) is 0 Å². The molecule has 46 heavy (non-hydrogen) atoms. The van der Waals surface area contributed by atoms with Crippen LogP contribution in [-0.2, 0) is 6.54 Å². The number of fused-ring (bicyclic) bond motifs is 1. The summed E-state index contributed by atoms with van der Waals surface area (Å²) in [5.74, 6) is 2.19. The Morgan fingerprint density at radius 1 is 0.696 bits per heavy atom. The second-order valence-corrected chi connectivity index (χ2v) is 13.2. The van der Waals surface area contributed by atoms with Crippen LogP contribution in [0, 0.1) is 0 Å². The second kappa shape index (κ2) is 13.9. The van der Waals surface area contributed by atoms with Crippen LogP contribution in [-0.4, -0.2) is 79.2 Å². The van der Waals surface area contributed by atoms with Gasteiger partial charge in [0.05, 0.1) is 11.6 Å². The monoisotopic (exact) mass is 651 g/mol. The molecule has 2 aromatic heterocycles. The summed E-state index contributed by atoms with van der Waals surface area (Å²) in [7, 11) is 2.19. The first-order valence-electron chi connectivity index (χ1n) is 16.0. The first-order valence-corrected chi connectivity index (χ1v) is 16.8. The maximum absolute atomic E-state index is 6.26. The molecule has 5 aromatic rings. The Kier molecular flexibility index (Phi) is 9.26. The third-order valence-corrected chi connectivity index (χ3v) is 9.66. The highest BCUT2D eigenvalue weighted by atomic mass is 35.5. The smallest absolute Gasteiger partial charge is 0.131 e. The standard InChI is InChI=1S/C37H39Cl2N7/c1-43-17-21-45(22-18-43)35-3-2-4-36(42-35)46-23-19-44(20-24-46)26-27-5-7-28(8-6-27)37(29-9-11-30(38)12-10-29)41-33-15-16-40-34-25-31(39)13-14-32(33)34/h2-16,25,37H,17-24,26H2,1H3,(H,40,41). The number of benzene rings is 3. The quantitative estimate of drug-likeness (QED) is 0.190. The molecule has 0 amide bonds. The van der Waals surface area contributed by atoms with Crippen molar-refractivity contribution >= 4 is 51.4 Å². The third kappa shape index (κ3) is 7.08. The molecule has 0 saturated carbocycles. The summed E-state index contributed by atoms with van der Waals surface area (Å²) >= 11 is 12.5. The number of nitrogens with one attached hydrogen (secondary N) is 1. The van der Waals surface area contributed by atoms with Crippen molar-refractivity contribution in [2.24, 2.45) is 0 Å². The van der Waals surface area contributed by atoms with E-state index in [0.717, 1.165) is 97.7 Å². The van der Waals surface area contributed by atoms with E-state index in [-0.39, 0.29) is 6.04 Å². The normalized spacial score (nSPS) is 16.9. The molecule has 0 aliphatic carbocycles. The highest BCUT2D eigenvalue weighted by Gasteiger charge is 2.21. The van der Waals surface area contributed by atoms with Crippen LogP contribution >= 0.6 is 23.2 Å². The van der Waals surface area contributed by atoms with Gasteiger partial charge in [0.1, 0.15) is 11.6 Å². The Bertz CT molecular complexity index is 1760. The van der Waals surface area contributed by atoms with E-state index in [1.165, 1.54) is 11.1 Å². The summed E-state index contributed by atoms with van der Waals surface area (Å²) in [4.78, 5) is 19.3. The molecule has 0 spiro atoms. The number of piperazine rings is 2. The van der Waals surface area contributed by atoms with Crippen LogP contribution in [0.3, 0.4) is 0 Å². The Morgan fingerprint density at radius 2 is 1.30 bits per heavy atom. The molecule has 236 valence electrons. The highest BCUT2D eigenvalue weighted by molar-refractivity contribution is 6.31. The van der Waals surface area contributed by atoms with E-state index >= 15 is 0 Å². The van der Waals surface area contributed by atoms with Gasteiger partial charge in [0.2, 0.25) is 0 Å². The molecule has 7 rings (SSSR count). The van der Waals surface area contributed by atoms with Gasteiger partial charge in [-0.3, -0.25) is 9.88 Å². The van der Waals surface area contributed by atoms with Gasteiger partial charge in [-0.25, -0.2) is 4.98 Å². The Balaban J connectivity index is 1.02. The van der Waals surface area contributed by atoms with Crippen molar-refractivity contribution in [1.82, 2.24) is 19.8 Å². The number of hydrogen-bond acceptors (Lipinski definition) is 7. The number of halogens is 2. The van der Waals surface area contributed by atoms with E-state index in [0.29, 0.717) is 5.02 Å². The lowest BCUT2D eigenvalue weighted by Gasteiger charge is -2.37. The lowest BCUT2D eigenvalue weighted by Crippen LogP contribution is -2.47. The minimum Gasteiger partial charge on any atom is -0.374 e. The number of likely N-dealkylation sites (N-methyl/N-ethyl adjacent to an activating group) is 1. The molecule has 0 bridgehead atoms. The van der Waals surface area contributed by atoms with Crippen molar-refractivity contribution in [3.05, 3.63) is 124 Å². The second-order valence-electron chi connectivity index (χ2n) is 12.3. The molecule has 2 fully saturated rings. The van der Waals surface area contributed by atoms with Crippen LogP contribution in [0.25, 0.3) is 10.9 Å². The fourth-order valence-electron chi connectivity index (χ4n) is 6.43. The van der Waals surface area contributed by atoms with Crippen molar-refractivity contribution in [3.8, 4) is 0 Å².